The summed E-state index contributed by atoms with van der Waals surface area (Å²) in [5, 5.41) is 0. The van der Waals surface area contributed by atoms with E-state index >= 15 is 0 Å². The first-order chi connectivity index (χ1) is 6.29. The van der Waals surface area contributed by atoms with Gasteiger partial charge in [-0.1, -0.05) is 49.4 Å². The highest BCUT2D eigenvalue weighted by molar-refractivity contribution is 8.78. The molecule has 0 aromatic rings. The van der Waals surface area contributed by atoms with Crippen molar-refractivity contribution in [2.24, 2.45) is 0 Å². The number of hydrogen-bond donors (Lipinski definition) is 0. The molecule has 1 unspecified atom stereocenters. The van der Waals surface area contributed by atoms with Crippen molar-refractivity contribution < 1.29 is 4.39 Å². The second-order valence-electron chi connectivity index (χ2n) is 2.02. The molecule has 1 aliphatic heterocycles. The molecule has 0 bridgehead atoms. The van der Waals surface area contributed by atoms with Crippen LogP contribution in [0.5, 0.6) is 0 Å². The van der Waals surface area contributed by atoms with Gasteiger partial charge in [0.2, 0.25) is 0 Å². The largest absolute Gasteiger partial charge is 0.229 e. The highest BCUT2D eigenvalue weighted by atomic mass is 33.1. The van der Waals surface area contributed by atoms with Crippen molar-refractivity contribution in [2.45, 2.75) is 26.3 Å². The fraction of sp³-hybridized carbons (Fsp3) is 0.400. The molecule has 13 heavy (non-hydrogen) atoms. The van der Waals surface area contributed by atoms with Gasteiger partial charge < -0.3 is 0 Å². The van der Waals surface area contributed by atoms with Crippen LogP contribution in [0.2, 0.25) is 0 Å². The Morgan fingerprint density at radius 2 is 2.08 bits per heavy atom. The molecule has 0 radical (unpaired) electrons. The van der Waals surface area contributed by atoms with Crippen LogP contribution in [0.3, 0.4) is 0 Å². The van der Waals surface area contributed by atoms with Crippen LogP contribution in [0.25, 0.3) is 0 Å². The molecule has 0 aromatic heterocycles. The monoisotopic (exact) mass is 218 g/mol. The Hall–Kier alpha value is -0.150. The molecule has 1 atom stereocenters. The van der Waals surface area contributed by atoms with Gasteiger partial charge >= 0.3 is 0 Å². The van der Waals surface area contributed by atoms with Crippen LogP contribution < -0.4 is 0 Å². The lowest BCUT2D eigenvalue weighted by molar-refractivity contribution is 0.511. The van der Waals surface area contributed by atoms with Gasteiger partial charge in [-0.2, -0.15) is 0 Å². The van der Waals surface area contributed by atoms with E-state index in [2.05, 4.69) is 6.58 Å². The van der Waals surface area contributed by atoms with Crippen LogP contribution in [-0.2, 0) is 0 Å². The Labute approximate surface area is 87.8 Å². The smallest absolute Gasteiger partial charge is 0.182 e. The van der Waals surface area contributed by atoms with Crippen molar-refractivity contribution in [3.8, 4) is 0 Å². The molecular weight excluding hydrogens is 203 g/mol. The lowest BCUT2D eigenvalue weighted by Crippen LogP contribution is -1.89. The van der Waals surface area contributed by atoms with E-state index in [1.54, 1.807) is 6.08 Å². The summed E-state index contributed by atoms with van der Waals surface area (Å²) in [6, 6.07) is 0. The molecule has 0 fully saturated rings. The summed E-state index contributed by atoms with van der Waals surface area (Å²) in [6.07, 6.45) is 5.41. The van der Waals surface area contributed by atoms with Crippen molar-refractivity contribution in [2.75, 3.05) is 0 Å². The zero-order valence-electron chi connectivity index (χ0n) is 8.21. The summed E-state index contributed by atoms with van der Waals surface area (Å²) in [7, 11) is 2.70. The third-order valence-corrected chi connectivity index (χ3v) is 3.69. The molecule has 0 saturated carbocycles. The molecule has 0 N–H and O–H groups in total. The third kappa shape index (κ3) is 3.61. The Balaban J connectivity index is 0.000000671. The van der Waals surface area contributed by atoms with Crippen LogP contribution >= 0.6 is 21.6 Å². The van der Waals surface area contributed by atoms with E-state index in [4.69, 9.17) is 0 Å². The standard InChI is InChI=1S/C8H9FS2.C2H6/c1-3-5-7-6(4-2)8(9)11-10-7;1-2/h3-5,8H,2H2,1H3;1-2H3/b5-3-;. The van der Waals surface area contributed by atoms with Gasteiger partial charge in [0.1, 0.15) is 0 Å². The fourth-order valence-electron chi connectivity index (χ4n) is 0.774. The quantitative estimate of drug-likeness (QED) is 0.615. The van der Waals surface area contributed by atoms with Crippen molar-refractivity contribution in [1.82, 2.24) is 0 Å². The van der Waals surface area contributed by atoms with Crippen LogP contribution in [0.15, 0.2) is 35.3 Å². The van der Waals surface area contributed by atoms with E-state index in [9.17, 15) is 4.39 Å². The topological polar surface area (TPSA) is 0 Å². The molecular formula is C10H15FS2. The van der Waals surface area contributed by atoms with Crippen molar-refractivity contribution >= 4 is 21.6 Å². The first-order valence-corrected chi connectivity index (χ1v) is 6.47. The van der Waals surface area contributed by atoms with E-state index < -0.39 is 5.50 Å². The van der Waals surface area contributed by atoms with Crippen LogP contribution in [0, 0.1) is 0 Å². The number of rotatable bonds is 2. The molecule has 74 valence electrons. The van der Waals surface area contributed by atoms with Gasteiger partial charge in [0.05, 0.1) is 0 Å². The SMILES string of the molecule is C=CC1=C(/C=C\C)SSC1F.CC. The average Bonchev–Trinajstić information content (AvgIpc) is 2.51. The van der Waals surface area contributed by atoms with E-state index in [0.717, 1.165) is 4.91 Å². The molecule has 0 saturated heterocycles. The maximum absolute atomic E-state index is 12.9. The van der Waals surface area contributed by atoms with Gasteiger partial charge in [-0.15, -0.1) is 0 Å². The molecule has 3 heteroatoms. The molecule has 1 heterocycles. The van der Waals surface area contributed by atoms with Crippen LogP contribution in [0.4, 0.5) is 4.39 Å². The zero-order valence-corrected chi connectivity index (χ0v) is 9.84. The van der Waals surface area contributed by atoms with Crippen molar-refractivity contribution in [3.05, 3.63) is 35.3 Å². The predicted molar refractivity (Wildman–Crippen MR) is 63.5 cm³/mol. The van der Waals surface area contributed by atoms with Crippen molar-refractivity contribution in [1.29, 1.82) is 0 Å². The first kappa shape index (κ1) is 12.8. The van der Waals surface area contributed by atoms with Gasteiger partial charge in [-0.05, 0) is 17.7 Å². The third-order valence-electron chi connectivity index (χ3n) is 1.29. The highest BCUT2D eigenvalue weighted by Crippen LogP contribution is 2.48. The Morgan fingerprint density at radius 3 is 2.54 bits per heavy atom. The average molecular weight is 218 g/mol. The molecule has 1 aliphatic rings. The summed E-state index contributed by atoms with van der Waals surface area (Å²) in [5.74, 6) is 0. The zero-order chi connectivity index (χ0) is 10.3. The number of allylic oxidation sites excluding steroid dienone is 3. The van der Waals surface area contributed by atoms with E-state index in [-0.39, 0.29) is 0 Å². The highest BCUT2D eigenvalue weighted by Gasteiger charge is 2.22. The summed E-state index contributed by atoms with van der Waals surface area (Å²) in [4.78, 5) is 0.986. The van der Waals surface area contributed by atoms with E-state index in [1.165, 1.54) is 21.6 Å². The second kappa shape index (κ2) is 7.27. The van der Waals surface area contributed by atoms with Gasteiger partial charge in [-0.3, -0.25) is 0 Å². The lowest BCUT2D eigenvalue weighted by atomic mass is 10.2. The molecule has 0 nitrogen and oxygen atoms in total. The maximum Gasteiger partial charge on any atom is 0.182 e. The number of hydrogen-bond acceptors (Lipinski definition) is 2. The lowest BCUT2D eigenvalue weighted by Gasteiger charge is -1.95. The van der Waals surface area contributed by atoms with Gasteiger partial charge in [0.25, 0.3) is 0 Å². The molecule has 1 rings (SSSR count). The number of halogens is 1. The maximum atomic E-state index is 12.9. The Kier molecular flexibility index (Phi) is 7.19. The van der Waals surface area contributed by atoms with E-state index in [0.29, 0.717) is 5.57 Å². The van der Waals surface area contributed by atoms with Gasteiger partial charge in [0.15, 0.2) is 5.50 Å². The minimum Gasteiger partial charge on any atom is -0.229 e. The Bertz CT molecular complexity index is 219. The minimum atomic E-state index is -0.899. The van der Waals surface area contributed by atoms with Gasteiger partial charge in [0, 0.05) is 10.5 Å². The molecule has 0 aromatic carbocycles. The van der Waals surface area contributed by atoms with Crippen LogP contribution in [0.1, 0.15) is 20.8 Å². The fourth-order valence-corrected chi connectivity index (χ4v) is 3.17. The molecule has 0 aliphatic carbocycles. The predicted octanol–water partition coefficient (Wildman–Crippen LogP) is 4.72. The summed E-state index contributed by atoms with van der Waals surface area (Å²) < 4.78 is 12.9. The minimum absolute atomic E-state index is 0.707. The van der Waals surface area contributed by atoms with Crippen LogP contribution in [-0.4, -0.2) is 5.50 Å². The Morgan fingerprint density at radius 1 is 1.46 bits per heavy atom. The van der Waals surface area contributed by atoms with Gasteiger partial charge in [-0.25, -0.2) is 4.39 Å². The summed E-state index contributed by atoms with van der Waals surface area (Å²) in [5.41, 5.74) is -0.193. The second-order valence-corrected chi connectivity index (χ2v) is 4.31. The first-order valence-electron chi connectivity index (χ1n) is 4.26. The summed E-state index contributed by atoms with van der Waals surface area (Å²) >= 11 is 0. The van der Waals surface area contributed by atoms with E-state index in [1.807, 2.05) is 32.9 Å². The summed E-state index contributed by atoms with van der Waals surface area (Å²) in [6.45, 7) is 9.49. The number of alkyl halides is 1. The molecule has 0 amide bonds. The normalized spacial score (nSPS) is 21.7. The van der Waals surface area contributed by atoms with Crippen molar-refractivity contribution in [3.63, 3.8) is 0 Å². The molecule has 0 spiro atoms.